The van der Waals surface area contributed by atoms with Crippen molar-refractivity contribution in [2.75, 3.05) is 40.3 Å². The number of aliphatic hydroxyl groups excluding tert-OH is 1. The van der Waals surface area contributed by atoms with E-state index in [1.807, 2.05) is 33.2 Å². The minimum atomic E-state index is -0.529. The number of aryl methyl sites for hydroxylation is 1. The zero-order valence-electron chi connectivity index (χ0n) is 14.3. The van der Waals surface area contributed by atoms with Gasteiger partial charge in [0.2, 0.25) is 0 Å². The number of rotatable bonds is 9. The predicted molar refractivity (Wildman–Crippen MR) is 93.2 cm³/mol. The van der Waals surface area contributed by atoms with E-state index >= 15 is 0 Å². The Bertz CT molecular complexity index is 464. The molecule has 0 aliphatic rings. The van der Waals surface area contributed by atoms with Gasteiger partial charge in [0.25, 0.3) is 0 Å². The molecule has 1 rings (SSSR count). The molecule has 0 bridgehead atoms. The van der Waals surface area contributed by atoms with Crippen LogP contribution < -0.4 is 10.1 Å². The van der Waals surface area contributed by atoms with E-state index in [1.165, 1.54) is 0 Å². The molecule has 0 spiro atoms. The first-order valence-electron chi connectivity index (χ1n) is 7.77. The molecule has 0 radical (unpaired) electrons. The topological polar surface area (TPSA) is 44.7 Å². The normalized spacial score (nSPS) is 13.0. The number of nitrogens with zero attached hydrogens (tertiary/aromatic N) is 1. The summed E-state index contributed by atoms with van der Waals surface area (Å²) in [5, 5.41) is 14.0. The van der Waals surface area contributed by atoms with Crippen molar-refractivity contribution in [1.29, 1.82) is 0 Å². The lowest BCUT2D eigenvalue weighted by Crippen LogP contribution is -2.35. The summed E-state index contributed by atoms with van der Waals surface area (Å²) in [6.07, 6.45) is -0.529. The van der Waals surface area contributed by atoms with Gasteiger partial charge < -0.3 is 20.1 Å². The highest BCUT2D eigenvalue weighted by atomic mass is 35.5. The van der Waals surface area contributed by atoms with Crippen LogP contribution in [0.1, 0.15) is 30.9 Å². The van der Waals surface area contributed by atoms with E-state index in [-0.39, 0.29) is 6.61 Å². The second kappa shape index (κ2) is 9.36. The third-order valence-electron chi connectivity index (χ3n) is 3.46. The SMILES string of the molecule is Cc1cc(OCC(O)CNCCN(C)C)c(C(C)C)cc1Cl. The number of nitrogens with one attached hydrogen (secondary N) is 1. The van der Waals surface area contributed by atoms with Crippen molar-refractivity contribution >= 4 is 11.6 Å². The quantitative estimate of drug-likeness (QED) is 0.684. The van der Waals surface area contributed by atoms with E-state index in [4.69, 9.17) is 16.3 Å². The maximum atomic E-state index is 10.0. The number of aliphatic hydroxyl groups is 1. The first kappa shape index (κ1) is 19.2. The second-order valence-electron chi connectivity index (χ2n) is 6.27. The highest BCUT2D eigenvalue weighted by Gasteiger charge is 2.13. The lowest BCUT2D eigenvalue weighted by atomic mass is 10.0. The average Bonchev–Trinajstić information content (AvgIpc) is 2.44. The summed E-state index contributed by atoms with van der Waals surface area (Å²) in [6.45, 7) is 8.76. The van der Waals surface area contributed by atoms with Crippen molar-refractivity contribution in [2.45, 2.75) is 32.8 Å². The highest BCUT2D eigenvalue weighted by Crippen LogP contribution is 2.32. The van der Waals surface area contributed by atoms with Gasteiger partial charge >= 0.3 is 0 Å². The van der Waals surface area contributed by atoms with E-state index in [0.717, 1.165) is 35.0 Å². The Labute approximate surface area is 139 Å². The molecule has 1 aromatic rings. The second-order valence-corrected chi connectivity index (χ2v) is 6.67. The summed E-state index contributed by atoms with van der Waals surface area (Å²) in [4.78, 5) is 2.10. The van der Waals surface area contributed by atoms with Crippen LogP contribution in [0.3, 0.4) is 0 Å². The average molecular weight is 329 g/mol. The zero-order valence-corrected chi connectivity index (χ0v) is 15.1. The number of likely N-dealkylation sites (N-methyl/N-ethyl adjacent to an activating group) is 1. The summed E-state index contributed by atoms with van der Waals surface area (Å²) < 4.78 is 5.82. The van der Waals surface area contributed by atoms with Crippen LogP contribution in [0.2, 0.25) is 5.02 Å². The lowest BCUT2D eigenvalue weighted by molar-refractivity contribution is 0.105. The van der Waals surface area contributed by atoms with Crippen LogP contribution in [-0.2, 0) is 0 Å². The predicted octanol–water partition coefficient (Wildman–Crippen LogP) is 2.66. The molecule has 0 saturated carbocycles. The minimum Gasteiger partial charge on any atom is -0.491 e. The lowest BCUT2D eigenvalue weighted by Gasteiger charge is -2.18. The molecule has 0 heterocycles. The van der Waals surface area contributed by atoms with Crippen LogP contribution in [0.4, 0.5) is 0 Å². The van der Waals surface area contributed by atoms with Gasteiger partial charge in [-0.3, -0.25) is 0 Å². The van der Waals surface area contributed by atoms with Gasteiger partial charge in [-0.1, -0.05) is 25.4 Å². The monoisotopic (exact) mass is 328 g/mol. The van der Waals surface area contributed by atoms with Crippen molar-refractivity contribution in [3.05, 3.63) is 28.3 Å². The van der Waals surface area contributed by atoms with Gasteiger partial charge in [0, 0.05) is 24.7 Å². The number of hydrogen-bond acceptors (Lipinski definition) is 4. The van der Waals surface area contributed by atoms with E-state index in [1.54, 1.807) is 0 Å². The van der Waals surface area contributed by atoms with Crippen LogP contribution >= 0.6 is 11.6 Å². The number of benzene rings is 1. The van der Waals surface area contributed by atoms with Gasteiger partial charge in [0.05, 0.1) is 0 Å². The molecule has 1 unspecified atom stereocenters. The van der Waals surface area contributed by atoms with Crippen molar-refractivity contribution in [1.82, 2.24) is 10.2 Å². The van der Waals surface area contributed by atoms with Crippen LogP contribution in [-0.4, -0.2) is 56.4 Å². The van der Waals surface area contributed by atoms with Crippen LogP contribution in [0.15, 0.2) is 12.1 Å². The molecule has 1 atom stereocenters. The Morgan fingerprint density at radius 3 is 2.59 bits per heavy atom. The Balaban J connectivity index is 2.51. The summed E-state index contributed by atoms with van der Waals surface area (Å²) in [6, 6.07) is 3.91. The molecular formula is C17H29ClN2O2. The van der Waals surface area contributed by atoms with E-state index in [2.05, 4.69) is 24.1 Å². The van der Waals surface area contributed by atoms with Crippen LogP contribution in [0.5, 0.6) is 5.75 Å². The van der Waals surface area contributed by atoms with Gasteiger partial charge in [-0.2, -0.15) is 0 Å². The summed E-state index contributed by atoms with van der Waals surface area (Å²) >= 11 is 6.18. The fraction of sp³-hybridized carbons (Fsp3) is 0.647. The zero-order chi connectivity index (χ0) is 16.7. The smallest absolute Gasteiger partial charge is 0.123 e. The molecular weight excluding hydrogens is 300 g/mol. The van der Waals surface area contributed by atoms with Gasteiger partial charge in [0.15, 0.2) is 0 Å². The Morgan fingerprint density at radius 2 is 2.00 bits per heavy atom. The molecule has 126 valence electrons. The first-order valence-corrected chi connectivity index (χ1v) is 8.15. The fourth-order valence-electron chi connectivity index (χ4n) is 2.06. The van der Waals surface area contributed by atoms with Crippen molar-refractivity contribution in [3.8, 4) is 5.75 Å². The van der Waals surface area contributed by atoms with Crippen LogP contribution in [0.25, 0.3) is 0 Å². The van der Waals surface area contributed by atoms with Crippen molar-refractivity contribution in [2.24, 2.45) is 0 Å². The standard InChI is InChI=1S/C17H29ClN2O2/c1-12(2)15-9-16(18)13(3)8-17(15)22-11-14(21)10-19-6-7-20(4)5/h8-9,12,14,19,21H,6-7,10-11H2,1-5H3. The first-order chi connectivity index (χ1) is 10.3. The Kier molecular flexibility index (Phi) is 8.18. The molecule has 0 amide bonds. The van der Waals surface area contributed by atoms with Crippen molar-refractivity contribution < 1.29 is 9.84 Å². The number of ether oxygens (including phenoxy) is 1. The maximum Gasteiger partial charge on any atom is 0.123 e. The molecule has 0 aliphatic heterocycles. The van der Waals surface area contributed by atoms with E-state index in [0.29, 0.717) is 12.5 Å². The summed E-state index contributed by atoms with van der Waals surface area (Å²) in [7, 11) is 4.05. The van der Waals surface area contributed by atoms with E-state index in [9.17, 15) is 5.11 Å². The van der Waals surface area contributed by atoms with Crippen LogP contribution in [0, 0.1) is 6.92 Å². The highest BCUT2D eigenvalue weighted by molar-refractivity contribution is 6.31. The van der Waals surface area contributed by atoms with Gasteiger partial charge in [-0.05, 0) is 50.2 Å². The summed E-state index contributed by atoms with van der Waals surface area (Å²) in [5.74, 6) is 1.13. The molecule has 5 heteroatoms. The third kappa shape index (κ3) is 6.53. The largest absolute Gasteiger partial charge is 0.491 e. The minimum absolute atomic E-state index is 0.274. The molecule has 2 N–H and O–H groups in total. The van der Waals surface area contributed by atoms with Gasteiger partial charge in [-0.15, -0.1) is 0 Å². The fourth-order valence-corrected chi connectivity index (χ4v) is 2.23. The Hall–Kier alpha value is -0.810. The third-order valence-corrected chi connectivity index (χ3v) is 3.87. The van der Waals surface area contributed by atoms with Gasteiger partial charge in [-0.25, -0.2) is 0 Å². The molecule has 1 aromatic carbocycles. The molecule has 0 fully saturated rings. The molecule has 4 nitrogen and oxygen atoms in total. The molecule has 22 heavy (non-hydrogen) atoms. The summed E-state index contributed by atoms with van der Waals surface area (Å²) in [5.41, 5.74) is 2.06. The molecule has 0 aliphatic carbocycles. The Morgan fingerprint density at radius 1 is 1.32 bits per heavy atom. The molecule has 0 saturated heterocycles. The number of hydrogen-bond donors (Lipinski definition) is 2. The van der Waals surface area contributed by atoms with E-state index < -0.39 is 6.10 Å². The molecule has 0 aromatic heterocycles. The van der Waals surface area contributed by atoms with Gasteiger partial charge in [0.1, 0.15) is 18.5 Å². The number of halogens is 1. The maximum absolute atomic E-state index is 10.0. The van der Waals surface area contributed by atoms with Crippen molar-refractivity contribution in [3.63, 3.8) is 0 Å².